The summed E-state index contributed by atoms with van der Waals surface area (Å²) < 4.78 is 12.2. The van der Waals surface area contributed by atoms with Gasteiger partial charge in [-0.25, -0.2) is 9.59 Å². The minimum absolute atomic E-state index is 0.0344. The van der Waals surface area contributed by atoms with Crippen molar-refractivity contribution < 1.29 is 33.4 Å². The summed E-state index contributed by atoms with van der Waals surface area (Å²) in [6.07, 6.45) is 0.755. The van der Waals surface area contributed by atoms with E-state index in [9.17, 15) is 24.0 Å². The molecule has 6 aromatic rings. The number of nitrogens with zero attached hydrogens (tertiary/aromatic N) is 6. The van der Waals surface area contributed by atoms with Gasteiger partial charge in [-0.05, 0) is 110 Å². The zero-order chi connectivity index (χ0) is 40.3. The van der Waals surface area contributed by atoms with Gasteiger partial charge in [-0.2, -0.15) is 4.68 Å². The number of aromatic amines is 1. The summed E-state index contributed by atoms with van der Waals surface area (Å²) in [5, 5.41) is 17.6. The Morgan fingerprint density at radius 3 is 2.32 bits per heavy atom. The SMILES string of the molecule is Cc1ccc(-n2cnnn2)c(N2CCN([C@@H](Cc3ccc(NC(=O)Oc4ccccc4)cc3)C(=O)Nc3ccc4[nH]c(C(=O)OC(C)(C)C)cc4c3)C(=O)C2=O)c1. The molecule has 0 saturated carbocycles. The Kier molecular flexibility index (Phi) is 10.5. The molecule has 57 heavy (non-hydrogen) atoms. The number of hydrogen-bond acceptors (Lipinski definition) is 10. The standard InChI is InChI=1S/C41H39N9O7/c1-25-10-17-33(50-24-42-46-47-50)34(20-25)48-18-19-49(38(53)37(48)52)35(21-26-11-13-28(14-12-26)44-40(55)56-30-8-6-5-7-9-30)36(51)43-29-15-16-31-27(22-29)23-32(45-31)39(54)57-41(2,3)4/h5-17,20,22-24,35,45H,18-19,21H2,1-4H3,(H,43,51)(H,44,55)/t35-/m0/s1. The maximum atomic E-state index is 14.3. The number of aromatic nitrogens is 5. The molecule has 3 N–H and O–H groups in total. The molecule has 0 unspecified atom stereocenters. The fourth-order valence-corrected chi connectivity index (χ4v) is 6.40. The van der Waals surface area contributed by atoms with Crippen molar-refractivity contribution in [3.8, 4) is 11.4 Å². The molecule has 1 fully saturated rings. The number of piperazine rings is 1. The highest BCUT2D eigenvalue weighted by Crippen LogP contribution is 2.29. The lowest BCUT2D eigenvalue weighted by molar-refractivity contribution is -0.149. The third-order valence-corrected chi connectivity index (χ3v) is 9.04. The largest absolute Gasteiger partial charge is 0.455 e. The molecule has 7 rings (SSSR count). The molecule has 290 valence electrons. The molecule has 0 spiro atoms. The molecule has 4 aromatic carbocycles. The third-order valence-electron chi connectivity index (χ3n) is 9.04. The molecule has 0 radical (unpaired) electrons. The number of rotatable bonds is 10. The fourth-order valence-electron chi connectivity index (χ4n) is 6.40. The van der Waals surface area contributed by atoms with Crippen molar-refractivity contribution in [2.75, 3.05) is 28.6 Å². The number of carbonyl (C=O) groups excluding carboxylic acids is 5. The number of para-hydroxylation sites is 1. The molecule has 0 aliphatic carbocycles. The minimum atomic E-state index is -1.12. The number of amides is 4. The number of aryl methyl sites for hydroxylation is 1. The summed E-state index contributed by atoms with van der Waals surface area (Å²) in [6, 6.07) is 26.4. The van der Waals surface area contributed by atoms with Crippen LogP contribution in [0.4, 0.5) is 21.9 Å². The number of nitrogens with one attached hydrogen (secondary N) is 3. The molecule has 16 nitrogen and oxygen atoms in total. The van der Waals surface area contributed by atoms with E-state index in [2.05, 4.69) is 31.1 Å². The second-order valence-electron chi connectivity index (χ2n) is 14.4. The minimum Gasteiger partial charge on any atom is -0.455 e. The van der Waals surface area contributed by atoms with Crippen LogP contribution in [0, 0.1) is 6.92 Å². The van der Waals surface area contributed by atoms with Crippen LogP contribution < -0.4 is 20.3 Å². The molecule has 1 aliphatic heterocycles. The van der Waals surface area contributed by atoms with Crippen molar-refractivity contribution in [3.63, 3.8) is 0 Å². The molecular formula is C41H39N9O7. The van der Waals surface area contributed by atoms with Gasteiger partial charge >= 0.3 is 23.9 Å². The predicted molar refractivity (Wildman–Crippen MR) is 210 cm³/mol. The van der Waals surface area contributed by atoms with Gasteiger partial charge in [0.15, 0.2) is 0 Å². The van der Waals surface area contributed by atoms with Crippen molar-refractivity contribution in [1.82, 2.24) is 30.1 Å². The summed E-state index contributed by atoms with van der Waals surface area (Å²) in [7, 11) is 0. The van der Waals surface area contributed by atoms with E-state index >= 15 is 0 Å². The van der Waals surface area contributed by atoms with Gasteiger partial charge < -0.3 is 29.6 Å². The summed E-state index contributed by atoms with van der Waals surface area (Å²) in [5.74, 6) is -2.36. The second-order valence-corrected chi connectivity index (χ2v) is 14.4. The van der Waals surface area contributed by atoms with Crippen LogP contribution in [0.15, 0.2) is 103 Å². The first kappa shape index (κ1) is 37.9. The Hall–Kier alpha value is -7.36. The Bertz CT molecular complexity index is 2460. The van der Waals surface area contributed by atoms with Gasteiger partial charge in [-0.1, -0.05) is 36.4 Å². The molecule has 1 atom stereocenters. The number of fused-ring (bicyclic) bond motifs is 1. The number of ether oxygens (including phenoxy) is 2. The van der Waals surface area contributed by atoms with Gasteiger partial charge in [0, 0.05) is 41.8 Å². The number of carbonyl (C=O) groups is 5. The van der Waals surface area contributed by atoms with Crippen molar-refractivity contribution in [2.45, 2.75) is 45.8 Å². The number of tetrazole rings is 1. The van der Waals surface area contributed by atoms with Crippen LogP contribution in [0.5, 0.6) is 5.75 Å². The summed E-state index contributed by atoms with van der Waals surface area (Å²) >= 11 is 0. The summed E-state index contributed by atoms with van der Waals surface area (Å²) in [5.41, 5.74) is 3.54. The van der Waals surface area contributed by atoms with Crippen LogP contribution in [-0.4, -0.2) is 84.6 Å². The smallest absolute Gasteiger partial charge is 0.417 e. The Labute approximate surface area is 326 Å². The zero-order valence-electron chi connectivity index (χ0n) is 31.6. The van der Waals surface area contributed by atoms with E-state index < -0.39 is 41.4 Å². The molecule has 4 amide bonds. The predicted octanol–water partition coefficient (Wildman–Crippen LogP) is 5.44. The summed E-state index contributed by atoms with van der Waals surface area (Å²) in [6.45, 7) is 7.32. The lowest BCUT2D eigenvalue weighted by Gasteiger charge is -2.38. The highest BCUT2D eigenvalue weighted by Gasteiger charge is 2.40. The van der Waals surface area contributed by atoms with E-state index in [1.54, 1.807) is 106 Å². The van der Waals surface area contributed by atoms with Crippen molar-refractivity contribution in [1.29, 1.82) is 0 Å². The maximum absolute atomic E-state index is 14.3. The maximum Gasteiger partial charge on any atom is 0.417 e. The van der Waals surface area contributed by atoms with Gasteiger partial charge in [-0.15, -0.1) is 5.10 Å². The van der Waals surface area contributed by atoms with Crippen molar-refractivity contribution in [2.24, 2.45) is 0 Å². The highest BCUT2D eigenvalue weighted by atomic mass is 16.6. The average molecular weight is 770 g/mol. The Morgan fingerprint density at radius 1 is 0.842 bits per heavy atom. The van der Waals surface area contributed by atoms with Crippen LogP contribution >= 0.6 is 0 Å². The van der Waals surface area contributed by atoms with E-state index in [0.717, 1.165) is 5.56 Å². The highest BCUT2D eigenvalue weighted by molar-refractivity contribution is 6.41. The van der Waals surface area contributed by atoms with E-state index in [4.69, 9.17) is 9.47 Å². The monoisotopic (exact) mass is 769 g/mol. The molecule has 3 heterocycles. The van der Waals surface area contributed by atoms with E-state index in [-0.39, 0.29) is 25.2 Å². The first-order valence-electron chi connectivity index (χ1n) is 18.1. The average Bonchev–Trinajstić information content (AvgIpc) is 3.87. The third kappa shape index (κ3) is 8.80. The lowest BCUT2D eigenvalue weighted by atomic mass is 10.0. The Balaban J connectivity index is 1.13. The van der Waals surface area contributed by atoms with E-state index in [1.165, 1.54) is 20.8 Å². The topological polar surface area (TPSA) is 194 Å². The fraction of sp³-hybridized carbons (Fsp3) is 0.220. The van der Waals surface area contributed by atoms with Crippen LogP contribution in [0.3, 0.4) is 0 Å². The number of benzene rings is 4. The first-order valence-corrected chi connectivity index (χ1v) is 18.1. The van der Waals surface area contributed by atoms with E-state index in [0.29, 0.717) is 45.0 Å². The first-order chi connectivity index (χ1) is 27.3. The number of H-pyrrole nitrogens is 1. The lowest BCUT2D eigenvalue weighted by Crippen LogP contribution is -2.60. The summed E-state index contributed by atoms with van der Waals surface area (Å²) in [4.78, 5) is 73.1. The van der Waals surface area contributed by atoms with Crippen molar-refractivity contribution in [3.05, 3.63) is 120 Å². The molecule has 16 heteroatoms. The second kappa shape index (κ2) is 15.8. The van der Waals surface area contributed by atoms with Gasteiger partial charge in [0.05, 0.1) is 11.4 Å². The molecular weight excluding hydrogens is 731 g/mol. The number of anilines is 3. The van der Waals surface area contributed by atoms with Gasteiger partial charge in [0.25, 0.3) is 0 Å². The van der Waals surface area contributed by atoms with E-state index in [1.807, 2.05) is 19.1 Å². The number of esters is 1. The van der Waals surface area contributed by atoms with Crippen LogP contribution in [0.2, 0.25) is 0 Å². The molecule has 1 aliphatic rings. The van der Waals surface area contributed by atoms with Crippen LogP contribution in [0.25, 0.3) is 16.6 Å². The molecule has 0 bridgehead atoms. The molecule has 1 saturated heterocycles. The van der Waals surface area contributed by atoms with Gasteiger partial charge in [0.1, 0.15) is 29.4 Å². The van der Waals surface area contributed by atoms with Crippen LogP contribution in [0.1, 0.15) is 42.4 Å². The Morgan fingerprint density at radius 2 is 1.60 bits per heavy atom. The normalized spacial score (nSPS) is 13.7. The quantitative estimate of drug-likeness (QED) is 0.119. The van der Waals surface area contributed by atoms with Crippen molar-refractivity contribution >= 4 is 57.7 Å². The zero-order valence-corrected chi connectivity index (χ0v) is 31.6. The van der Waals surface area contributed by atoms with Crippen LogP contribution in [-0.2, 0) is 25.5 Å². The molecule has 2 aromatic heterocycles. The van der Waals surface area contributed by atoms with Gasteiger partial charge in [-0.3, -0.25) is 19.7 Å². The van der Waals surface area contributed by atoms with Gasteiger partial charge in [0.2, 0.25) is 5.91 Å². The number of hydrogen-bond donors (Lipinski definition) is 3.